The lowest BCUT2D eigenvalue weighted by Gasteiger charge is -2.27. The van der Waals surface area contributed by atoms with Gasteiger partial charge in [-0.3, -0.25) is 14.5 Å². The number of methoxy groups -OCH3 is 1. The molecule has 7 nitrogen and oxygen atoms in total. The van der Waals surface area contributed by atoms with Gasteiger partial charge in [0, 0.05) is 51.6 Å². The molecule has 0 aromatic carbocycles. The Kier molecular flexibility index (Phi) is 5.68. The third kappa shape index (κ3) is 3.78. The molecule has 0 N–H and O–H groups in total. The predicted octanol–water partition coefficient (Wildman–Crippen LogP) is 2.13. The maximum atomic E-state index is 13.3. The molecule has 0 bridgehead atoms. The van der Waals surface area contributed by atoms with Crippen LogP contribution < -0.4 is 0 Å². The van der Waals surface area contributed by atoms with E-state index in [0.29, 0.717) is 31.8 Å². The summed E-state index contributed by atoms with van der Waals surface area (Å²) in [6, 6.07) is 3.84. The molecule has 0 spiro atoms. The lowest BCUT2D eigenvalue weighted by molar-refractivity contribution is -0.00907. The number of nitrogens with zero attached hydrogens (tertiary/aromatic N) is 4. The summed E-state index contributed by atoms with van der Waals surface area (Å²) in [4.78, 5) is 19.2. The van der Waals surface area contributed by atoms with Crippen LogP contribution in [0.1, 0.15) is 47.3 Å². The summed E-state index contributed by atoms with van der Waals surface area (Å²) in [5.74, 6) is -0.0796. The highest BCUT2D eigenvalue weighted by Gasteiger charge is 2.33. The molecule has 3 rings (SSSR count). The highest BCUT2D eigenvalue weighted by atomic mass is 16.5. The van der Waals surface area contributed by atoms with Gasteiger partial charge in [-0.25, -0.2) is 0 Å². The molecular formula is C19H26N4O3. The Morgan fingerprint density at radius 1 is 1.46 bits per heavy atom. The van der Waals surface area contributed by atoms with E-state index in [0.717, 1.165) is 16.8 Å². The minimum absolute atomic E-state index is 0.0685. The fourth-order valence-electron chi connectivity index (χ4n) is 3.53. The summed E-state index contributed by atoms with van der Waals surface area (Å²) >= 11 is 0. The summed E-state index contributed by atoms with van der Waals surface area (Å²) in [7, 11) is 3.50. The van der Waals surface area contributed by atoms with Crippen LogP contribution in [0.4, 0.5) is 0 Å². The molecule has 0 aliphatic carbocycles. The first kappa shape index (κ1) is 18.5. The van der Waals surface area contributed by atoms with Crippen molar-refractivity contribution in [3.63, 3.8) is 0 Å². The Morgan fingerprint density at radius 2 is 2.27 bits per heavy atom. The van der Waals surface area contributed by atoms with Gasteiger partial charge in [0.05, 0.1) is 24.5 Å². The monoisotopic (exact) mass is 358 g/mol. The predicted molar refractivity (Wildman–Crippen MR) is 96.7 cm³/mol. The van der Waals surface area contributed by atoms with Crippen LogP contribution in [0.2, 0.25) is 0 Å². The van der Waals surface area contributed by atoms with E-state index < -0.39 is 0 Å². The molecule has 7 heteroatoms. The fraction of sp³-hybridized carbons (Fsp3) is 0.526. The standard InChI is InChI=1S/C19H26N4O3/c1-13-10-16-17(21-22(3)18(16)14(2)26-13)19(24)23(8-9-25-4)12-15-6-5-7-20-11-15/h5-7,11,13-14H,8-10,12H2,1-4H3/t13-,14+/m0/s1. The van der Waals surface area contributed by atoms with Crippen LogP contribution in [-0.2, 0) is 29.5 Å². The molecule has 1 aliphatic heterocycles. The average Bonchev–Trinajstić information content (AvgIpc) is 2.95. The Labute approximate surface area is 153 Å². The van der Waals surface area contributed by atoms with Gasteiger partial charge in [0.1, 0.15) is 0 Å². The molecule has 0 fully saturated rings. The number of fused-ring (bicyclic) bond motifs is 1. The Balaban J connectivity index is 1.90. The highest BCUT2D eigenvalue weighted by molar-refractivity contribution is 5.94. The zero-order chi connectivity index (χ0) is 18.7. The van der Waals surface area contributed by atoms with Gasteiger partial charge >= 0.3 is 0 Å². The first-order valence-corrected chi connectivity index (χ1v) is 8.89. The minimum Gasteiger partial charge on any atom is -0.383 e. The molecule has 140 valence electrons. The number of pyridine rings is 1. The Bertz CT molecular complexity index is 760. The molecule has 2 atom stereocenters. The van der Waals surface area contributed by atoms with Gasteiger partial charge < -0.3 is 14.4 Å². The van der Waals surface area contributed by atoms with Crippen molar-refractivity contribution >= 4 is 5.91 Å². The minimum atomic E-state index is -0.0796. The molecule has 0 unspecified atom stereocenters. The molecule has 0 saturated heterocycles. The number of aromatic nitrogens is 3. The molecule has 26 heavy (non-hydrogen) atoms. The van der Waals surface area contributed by atoms with Crippen LogP contribution in [0.3, 0.4) is 0 Å². The summed E-state index contributed by atoms with van der Waals surface area (Å²) < 4.78 is 12.9. The number of carbonyl (C=O) groups is 1. The first-order chi connectivity index (χ1) is 12.5. The van der Waals surface area contributed by atoms with E-state index in [2.05, 4.69) is 10.1 Å². The topological polar surface area (TPSA) is 69.5 Å². The second-order valence-corrected chi connectivity index (χ2v) is 6.71. The van der Waals surface area contributed by atoms with Crippen molar-refractivity contribution in [1.82, 2.24) is 19.7 Å². The van der Waals surface area contributed by atoms with Gasteiger partial charge in [0.25, 0.3) is 5.91 Å². The van der Waals surface area contributed by atoms with Crippen LogP contribution in [0, 0.1) is 0 Å². The van der Waals surface area contributed by atoms with Crippen molar-refractivity contribution in [1.29, 1.82) is 0 Å². The van der Waals surface area contributed by atoms with Gasteiger partial charge in [0.15, 0.2) is 5.69 Å². The van der Waals surface area contributed by atoms with Crippen LogP contribution in [0.25, 0.3) is 0 Å². The van der Waals surface area contributed by atoms with Crippen molar-refractivity contribution in [2.45, 2.75) is 39.0 Å². The van der Waals surface area contributed by atoms with Crippen molar-refractivity contribution in [3.05, 3.63) is 47.0 Å². The van der Waals surface area contributed by atoms with E-state index in [1.54, 1.807) is 29.1 Å². The number of hydrogen-bond donors (Lipinski definition) is 0. The van der Waals surface area contributed by atoms with E-state index in [9.17, 15) is 4.79 Å². The van der Waals surface area contributed by atoms with Gasteiger partial charge in [-0.2, -0.15) is 5.10 Å². The number of rotatable bonds is 6. The number of ether oxygens (including phenoxy) is 2. The van der Waals surface area contributed by atoms with Crippen LogP contribution in [0.15, 0.2) is 24.5 Å². The normalized spacial score (nSPS) is 19.2. The number of aryl methyl sites for hydroxylation is 1. The Hall–Kier alpha value is -2.25. The van der Waals surface area contributed by atoms with E-state index >= 15 is 0 Å². The van der Waals surface area contributed by atoms with Crippen molar-refractivity contribution in [2.24, 2.45) is 7.05 Å². The lowest BCUT2D eigenvalue weighted by atomic mass is 9.99. The SMILES string of the molecule is COCCN(Cc1cccnc1)C(=O)c1nn(C)c2c1C[C@H](C)O[C@@H]2C. The van der Waals surface area contributed by atoms with Gasteiger partial charge in [-0.05, 0) is 25.5 Å². The zero-order valence-electron chi connectivity index (χ0n) is 15.8. The van der Waals surface area contributed by atoms with Crippen molar-refractivity contribution < 1.29 is 14.3 Å². The summed E-state index contributed by atoms with van der Waals surface area (Å²) in [5, 5.41) is 4.54. The van der Waals surface area contributed by atoms with Crippen LogP contribution >= 0.6 is 0 Å². The van der Waals surface area contributed by atoms with E-state index in [-0.39, 0.29) is 18.1 Å². The fourth-order valence-corrected chi connectivity index (χ4v) is 3.53. The third-order valence-corrected chi connectivity index (χ3v) is 4.66. The van der Waals surface area contributed by atoms with Crippen molar-refractivity contribution in [2.75, 3.05) is 20.3 Å². The second-order valence-electron chi connectivity index (χ2n) is 6.71. The molecular weight excluding hydrogens is 332 g/mol. The maximum Gasteiger partial charge on any atom is 0.275 e. The summed E-state index contributed by atoms with van der Waals surface area (Å²) in [5.41, 5.74) is 3.48. The lowest BCUT2D eigenvalue weighted by Crippen LogP contribution is -2.35. The van der Waals surface area contributed by atoms with Gasteiger partial charge in [-0.15, -0.1) is 0 Å². The van der Waals surface area contributed by atoms with Crippen LogP contribution in [-0.4, -0.2) is 51.9 Å². The molecule has 0 saturated carbocycles. The third-order valence-electron chi connectivity index (χ3n) is 4.66. The summed E-state index contributed by atoms with van der Waals surface area (Å²) in [6.45, 7) is 5.47. The van der Waals surface area contributed by atoms with Crippen molar-refractivity contribution in [3.8, 4) is 0 Å². The van der Waals surface area contributed by atoms with E-state index in [1.165, 1.54) is 0 Å². The average molecular weight is 358 g/mol. The van der Waals surface area contributed by atoms with E-state index in [4.69, 9.17) is 9.47 Å². The quantitative estimate of drug-likeness (QED) is 0.791. The highest BCUT2D eigenvalue weighted by Crippen LogP contribution is 2.32. The summed E-state index contributed by atoms with van der Waals surface area (Å²) in [6.07, 6.45) is 4.19. The number of amides is 1. The Morgan fingerprint density at radius 3 is 2.96 bits per heavy atom. The maximum absolute atomic E-state index is 13.3. The first-order valence-electron chi connectivity index (χ1n) is 8.89. The van der Waals surface area contributed by atoms with E-state index in [1.807, 2.05) is 33.0 Å². The van der Waals surface area contributed by atoms with Crippen LogP contribution in [0.5, 0.6) is 0 Å². The molecule has 0 radical (unpaired) electrons. The smallest absolute Gasteiger partial charge is 0.275 e. The molecule has 3 heterocycles. The number of carbonyl (C=O) groups excluding carboxylic acids is 1. The molecule has 2 aromatic rings. The largest absolute Gasteiger partial charge is 0.383 e. The molecule has 1 aliphatic rings. The van der Waals surface area contributed by atoms with Gasteiger partial charge in [-0.1, -0.05) is 6.07 Å². The molecule has 1 amide bonds. The zero-order valence-corrected chi connectivity index (χ0v) is 15.8. The second kappa shape index (κ2) is 7.97. The number of hydrogen-bond acceptors (Lipinski definition) is 5. The van der Waals surface area contributed by atoms with Gasteiger partial charge in [0.2, 0.25) is 0 Å². The molecule has 2 aromatic heterocycles.